The Bertz CT molecular complexity index is 341. The first-order valence-corrected chi connectivity index (χ1v) is 5.44. The average molecular weight is 221 g/mol. The zero-order valence-electron chi connectivity index (χ0n) is 10.3. The highest BCUT2D eigenvalue weighted by Crippen LogP contribution is 2.09. The summed E-state index contributed by atoms with van der Waals surface area (Å²) in [6.45, 7) is 7.37. The van der Waals surface area contributed by atoms with Crippen molar-refractivity contribution in [3.05, 3.63) is 29.8 Å². The predicted octanol–water partition coefficient (Wildman–Crippen LogP) is 2.92. The molecule has 0 fully saturated rings. The second kappa shape index (κ2) is 7.63. The SMILES string of the molecule is CC.CC(=O)CNc1ccc(C(C)=O)cc1. The molecule has 0 aliphatic heterocycles. The van der Waals surface area contributed by atoms with E-state index < -0.39 is 0 Å². The molecule has 0 aromatic heterocycles. The molecule has 1 N–H and O–H groups in total. The Morgan fingerprint density at radius 3 is 1.94 bits per heavy atom. The molecular weight excluding hydrogens is 202 g/mol. The number of rotatable bonds is 4. The van der Waals surface area contributed by atoms with E-state index in [0.29, 0.717) is 12.1 Å². The summed E-state index contributed by atoms with van der Waals surface area (Å²) in [7, 11) is 0. The van der Waals surface area contributed by atoms with Crippen molar-refractivity contribution in [3.63, 3.8) is 0 Å². The van der Waals surface area contributed by atoms with Gasteiger partial charge in [0.05, 0.1) is 6.54 Å². The molecule has 3 nitrogen and oxygen atoms in total. The van der Waals surface area contributed by atoms with E-state index in [9.17, 15) is 9.59 Å². The van der Waals surface area contributed by atoms with Crippen LogP contribution < -0.4 is 5.32 Å². The summed E-state index contributed by atoms with van der Waals surface area (Å²) >= 11 is 0. The second-order valence-corrected chi connectivity index (χ2v) is 3.19. The quantitative estimate of drug-likeness (QED) is 0.795. The summed E-state index contributed by atoms with van der Waals surface area (Å²) in [5.41, 5.74) is 1.53. The third-order valence-electron chi connectivity index (χ3n) is 1.83. The lowest BCUT2D eigenvalue weighted by molar-refractivity contribution is -0.115. The summed E-state index contributed by atoms with van der Waals surface area (Å²) in [5.74, 6) is 0.128. The molecule has 0 unspecified atom stereocenters. The minimum Gasteiger partial charge on any atom is -0.378 e. The highest BCUT2D eigenvalue weighted by atomic mass is 16.1. The third-order valence-corrected chi connectivity index (χ3v) is 1.83. The van der Waals surface area contributed by atoms with Crippen molar-refractivity contribution in [2.75, 3.05) is 11.9 Å². The summed E-state index contributed by atoms with van der Waals surface area (Å²) in [6.07, 6.45) is 0. The molecule has 0 bridgehead atoms. The molecule has 1 rings (SSSR count). The zero-order valence-corrected chi connectivity index (χ0v) is 10.3. The Labute approximate surface area is 96.9 Å². The first-order chi connectivity index (χ1) is 7.59. The minimum absolute atomic E-state index is 0.0446. The lowest BCUT2D eigenvalue weighted by Crippen LogP contribution is -2.09. The number of ketones is 2. The van der Waals surface area contributed by atoms with Crippen molar-refractivity contribution in [1.29, 1.82) is 0 Å². The molecule has 0 spiro atoms. The lowest BCUT2D eigenvalue weighted by atomic mass is 10.1. The van der Waals surface area contributed by atoms with Gasteiger partial charge < -0.3 is 5.32 Å². The lowest BCUT2D eigenvalue weighted by Gasteiger charge is -2.03. The number of hydrogen-bond acceptors (Lipinski definition) is 3. The minimum atomic E-state index is 0.0446. The Balaban J connectivity index is 0.00000106. The van der Waals surface area contributed by atoms with Gasteiger partial charge in [0.1, 0.15) is 5.78 Å². The van der Waals surface area contributed by atoms with Gasteiger partial charge in [-0.2, -0.15) is 0 Å². The molecule has 0 aliphatic carbocycles. The van der Waals surface area contributed by atoms with Crippen LogP contribution in [-0.2, 0) is 4.79 Å². The number of carbonyl (C=O) groups excluding carboxylic acids is 2. The molecule has 1 aromatic carbocycles. The van der Waals surface area contributed by atoms with Crippen LogP contribution in [0.4, 0.5) is 5.69 Å². The average Bonchev–Trinajstić information content (AvgIpc) is 2.29. The Morgan fingerprint density at radius 2 is 1.56 bits per heavy atom. The van der Waals surface area contributed by atoms with Crippen molar-refractivity contribution in [3.8, 4) is 0 Å². The van der Waals surface area contributed by atoms with Crippen LogP contribution in [0, 0.1) is 0 Å². The molecule has 16 heavy (non-hydrogen) atoms. The van der Waals surface area contributed by atoms with Gasteiger partial charge in [-0.15, -0.1) is 0 Å². The normalized spacial score (nSPS) is 8.75. The maximum atomic E-state index is 10.9. The highest BCUT2D eigenvalue weighted by Gasteiger charge is 1.98. The largest absolute Gasteiger partial charge is 0.378 e. The first-order valence-electron chi connectivity index (χ1n) is 5.44. The van der Waals surface area contributed by atoms with Crippen molar-refractivity contribution in [1.82, 2.24) is 0 Å². The van der Waals surface area contributed by atoms with Gasteiger partial charge in [-0.05, 0) is 38.1 Å². The van der Waals surface area contributed by atoms with E-state index in [1.165, 1.54) is 13.8 Å². The van der Waals surface area contributed by atoms with Gasteiger partial charge in [-0.3, -0.25) is 9.59 Å². The van der Waals surface area contributed by atoms with Crippen molar-refractivity contribution in [2.24, 2.45) is 0 Å². The van der Waals surface area contributed by atoms with E-state index in [1.54, 1.807) is 24.3 Å². The topological polar surface area (TPSA) is 46.2 Å². The van der Waals surface area contributed by atoms with Gasteiger partial charge in [-0.25, -0.2) is 0 Å². The van der Waals surface area contributed by atoms with E-state index in [-0.39, 0.29) is 11.6 Å². The summed E-state index contributed by atoms with van der Waals surface area (Å²) in [6, 6.07) is 7.06. The van der Waals surface area contributed by atoms with Crippen molar-refractivity contribution in [2.45, 2.75) is 27.7 Å². The fraction of sp³-hybridized carbons (Fsp3) is 0.385. The molecule has 0 saturated heterocycles. The zero-order chi connectivity index (χ0) is 12.6. The summed E-state index contributed by atoms with van der Waals surface area (Å²) in [5, 5.41) is 2.95. The Hall–Kier alpha value is -1.64. The monoisotopic (exact) mass is 221 g/mol. The molecule has 3 heteroatoms. The molecule has 0 aliphatic rings. The third kappa shape index (κ3) is 5.29. The van der Waals surface area contributed by atoms with Gasteiger partial charge in [-0.1, -0.05) is 13.8 Å². The van der Waals surface area contributed by atoms with Crippen molar-refractivity contribution >= 4 is 17.3 Å². The number of hydrogen-bond donors (Lipinski definition) is 1. The predicted molar refractivity (Wildman–Crippen MR) is 67.0 cm³/mol. The highest BCUT2D eigenvalue weighted by molar-refractivity contribution is 5.94. The van der Waals surface area contributed by atoms with Crippen LogP contribution in [-0.4, -0.2) is 18.1 Å². The van der Waals surface area contributed by atoms with Crippen LogP contribution in [0.2, 0.25) is 0 Å². The number of Topliss-reactive ketones (excluding diaryl/α,β-unsaturated/α-hetero) is 2. The second-order valence-electron chi connectivity index (χ2n) is 3.19. The maximum Gasteiger partial charge on any atom is 0.159 e. The van der Waals surface area contributed by atoms with Crippen LogP contribution in [0.25, 0.3) is 0 Å². The first kappa shape index (κ1) is 14.4. The molecule has 0 atom stereocenters. The Kier molecular flexibility index (Phi) is 6.84. The van der Waals surface area contributed by atoms with Gasteiger partial charge in [0.2, 0.25) is 0 Å². The van der Waals surface area contributed by atoms with Crippen molar-refractivity contribution < 1.29 is 9.59 Å². The standard InChI is InChI=1S/C11H13NO2.C2H6/c1-8(13)7-12-11-5-3-10(4-6-11)9(2)14;1-2/h3-6,12H,7H2,1-2H3;1-2H3. The number of carbonyl (C=O) groups is 2. The van der Waals surface area contributed by atoms with Gasteiger partial charge >= 0.3 is 0 Å². The van der Waals surface area contributed by atoms with E-state index >= 15 is 0 Å². The number of nitrogens with one attached hydrogen (secondary N) is 1. The van der Waals surface area contributed by atoms with E-state index in [4.69, 9.17) is 0 Å². The molecule has 1 aromatic rings. The number of anilines is 1. The maximum absolute atomic E-state index is 10.9. The van der Waals surface area contributed by atoms with E-state index in [2.05, 4.69) is 5.32 Å². The molecule has 0 amide bonds. The van der Waals surface area contributed by atoms with Gasteiger partial charge in [0, 0.05) is 11.3 Å². The molecule has 0 heterocycles. The van der Waals surface area contributed by atoms with Gasteiger partial charge in [0.25, 0.3) is 0 Å². The van der Waals surface area contributed by atoms with Crippen LogP contribution in [0.5, 0.6) is 0 Å². The molecule has 0 radical (unpaired) electrons. The van der Waals surface area contributed by atoms with Crippen LogP contribution in [0.15, 0.2) is 24.3 Å². The van der Waals surface area contributed by atoms with Crippen LogP contribution >= 0.6 is 0 Å². The van der Waals surface area contributed by atoms with Crippen LogP contribution in [0.1, 0.15) is 38.1 Å². The van der Waals surface area contributed by atoms with Gasteiger partial charge in [0.15, 0.2) is 5.78 Å². The molecule has 88 valence electrons. The fourth-order valence-corrected chi connectivity index (χ4v) is 1.05. The fourth-order valence-electron chi connectivity index (χ4n) is 1.05. The Morgan fingerprint density at radius 1 is 1.06 bits per heavy atom. The smallest absolute Gasteiger partial charge is 0.159 e. The summed E-state index contributed by atoms with van der Waals surface area (Å²) in [4.78, 5) is 21.6. The molecular formula is C13H19NO2. The molecule has 0 saturated carbocycles. The summed E-state index contributed by atoms with van der Waals surface area (Å²) < 4.78 is 0. The number of benzene rings is 1. The van der Waals surface area contributed by atoms with E-state index in [1.807, 2.05) is 13.8 Å². The van der Waals surface area contributed by atoms with Crippen LogP contribution in [0.3, 0.4) is 0 Å². The van der Waals surface area contributed by atoms with E-state index in [0.717, 1.165) is 5.69 Å².